The fourth-order valence-electron chi connectivity index (χ4n) is 7.09. The predicted molar refractivity (Wildman–Crippen MR) is 182 cm³/mol. The lowest BCUT2D eigenvalue weighted by Gasteiger charge is -2.46. The third kappa shape index (κ3) is 7.27. The van der Waals surface area contributed by atoms with Gasteiger partial charge in [0.15, 0.2) is 11.6 Å². The average molecular weight is 658 g/mol. The molecule has 6 rings (SSSR count). The highest BCUT2D eigenvalue weighted by atomic mass is 32.2. The minimum absolute atomic E-state index is 0.0748. The van der Waals surface area contributed by atoms with Crippen molar-refractivity contribution in [2.24, 2.45) is 0 Å². The normalized spacial score (nSPS) is 19.9. The largest absolute Gasteiger partial charge is 0.505 e. The molecule has 0 atom stereocenters. The standard InChI is InChI=1S/C32H42FN5O3S2.C2H6/c1-3-35-16-18-37(19-17-35)24-8-12-36(13-9-24)23-10-14-38(15-11-23)32-27-20-25(42-2)4-6-29(27)34-22-31(32)43(40,41)26-5-7-30(39)28(33)21-26;1-2/h4-7,20-24,39H,3,8-19H2,1-2H3;1-2H3. The highest BCUT2D eigenvalue weighted by Gasteiger charge is 2.34. The van der Waals surface area contributed by atoms with Crippen molar-refractivity contribution in [1.29, 1.82) is 0 Å². The maximum atomic E-state index is 14.3. The third-order valence-electron chi connectivity index (χ3n) is 9.70. The molecule has 0 spiro atoms. The van der Waals surface area contributed by atoms with Gasteiger partial charge in [0.1, 0.15) is 4.90 Å². The zero-order chi connectivity index (χ0) is 32.1. The molecule has 3 aromatic rings. The van der Waals surface area contributed by atoms with Gasteiger partial charge in [-0.05, 0) is 88.0 Å². The lowest BCUT2D eigenvalue weighted by atomic mass is 9.96. The van der Waals surface area contributed by atoms with Crippen molar-refractivity contribution >= 4 is 38.2 Å². The number of rotatable bonds is 7. The van der Waals surface area contributed by atoms with E-state index in [1.807, 2.05) is 38.3 Å². The molecule has 0 radical (unpaired) electrons. The van der Waals surface area contributed by atoms with Gasteiger partial charge in [-0.15, -0.1) is 11.8 Å². The summed E-state index contributed by atoms with van der Waals surface area (Å²) in [4.78, 5) is 15.5. The molecule has 8 nitrogen and oxygen atoms in total. The number of nitrogens with zero attached hydrogens (tertiary/aromatic N) is 5. The third-order valence-corrected chi connectivity index (χ3v) is 12.2. The SMILES string of the molecule is CC.CCN1CCN(C2CCN(C3CCN(c4c(S(=O)(=O)c5ccc(O)c(F)c5)cnc5ccc(SC)cc45)CC3)CC2)CC1. The Morgan fingerprint density at radius 2 is 1.51 bits per heavy atom. The number of thioether (sulfide) groups is 1. The van der Waals surface area contributed by atoms with E-state index in [0.29, 0.717) is 17.8 Å². The molecule has 11 heteroatoms. The molecule has 3 saturated heterocycles. The van der Waals surface area contributed by atoms with E-state index in [9.17, 15) is 17.9 Å². The number of aromatic hydroxyl groups is 1. The van der Waals surface area contributed by atoms with Crippen LogP contribution < -0.4 is 4.90 Å². The first-order valence-corrected chi connectivity index (χ1v) is 19.1. The van der Waals surface area contributed by atoms with Crippen LogP contribution in [0.3, 0.4) is 0 Å². The smallest absolute Gasteiger partial charge is 0.210 e. The number of likely N-dealkylation sites (N-methyl/N-ethyl adjacent to an activating group) is 1. The highest BCUT2D eigenvalue weighted by molar-refractivity contribution is 7.98. The molecule has 45 heavy (non-hydrogen) atoms. The Kier molecular flexibility index (Phi) is 11.3. The number of anilines is 1. The average Bonchev–Trinajstić information content (AvgIpc) is 3.09. The topological polar surface area (TPSA) is 80.2 Å². The summed E-state index contributed by atoms with van der Waals surface area (Å²) in [5.74, 6) is -1.54. The van der Waals surface area contributed by atoms with E-state index in [1.165, 1.54) is 51.3 Å². The number of phenols is 1. The zero-order valence-corrected chi connectivity index (χ0v) is 28.7. The Labute approximate surface area is 272 Å². The Balaban J connectivity index is 0.00000196. The molecule has 0 bridgehead atoms. The summed E-state index contributed by atoms with van der Waals surface area (Å²) in [6, 6.07) is 10.3. The Morgan fingerprint density at radius 3 is 2.11 bits per heavy atom. The molecular weight excluding hydrogens is 610 g/mol. The number of hydrogen-bond donors (Lipinski definition) is 1. The van der Waals surface area contributed by atoms with Crippen LogP contribution in [-0.2, 0) is 9.84 Å². The number of phenolic OH excluding ortho intramolecular Hbond substituents is 1. The number of sulfone groups is 1. The van der Waals surface area contributed by atoms with Crippen LogP contribution in [0, 0.1) is 5.82 Å². The van der Waals surface area contributed by atoms with Gasteiger partial charge in [-0.2, -0.15) is 0 Å². The van der Waals surface area contributed by atoms with Gasteiger partial charge in [0, 0.05) is 67.8 Å². The summed E-state index contributed by atoms with van der Waals surface area (Å²) in [5, 5.41) is 10.5. The Bertz CT molecular complexity index is 1550. The molecule has 0 aliphatic carbocycles. The number of likely N-dealkylation sites (tertiary alicyclic amines) is 1. The Morgan fingerprint density at radius 1 is 0.889 bits per heavy atom. The first-order chi connectivity index (χ1) is 21.8. The molecular formula is C34H48FN5O3S2. The van der Waals surface area contributed by atoms with Crippen LogP contribution in [-0.4, -0.2) is 110 Å². The van der Waals surface area contributed by atoms with E-state index >= 15 is 0 Å². The summed E-state index contributed by atoms with van der Waals surface area (Å²) < 4.78 is 42.1. The number of pyridine rings is 1. The minimum Gasteiger partial charge on any atom is -0.505 e. The van der Waals surface area contributed by atoms with Gasteiger partial charge in [-0.25, -0.2) is 12.8 Å². The first kappa shape index (κ1) is 33.9. The number of hydrogen-bond acceptors (Lipinski definition) is 9. The summed E-state index contributed by atoms with van der Waals surface area (Å²) in [7, 11) is -4.11. The van der Waals surface area contributed by atoms with Crippen LogP contribution in [0.5, 0.6) is 5.75 Å². The molecule has 2 aromatic carbocycles. The van der Waals surface area contributed by atoms with Gasteiger partial charge in [0.25, 0.3) is 0 Å². The van der Waals surface area contributed by atoms with E-state index in [0.717, 1.165) is 73.5 Å². The van der Waals surface area contributed by atoms with Crippen LogP contribution >= 0.6 is 11.8 Å². The first-order valence-electron chi connectivity index (χ1n) is 16.4. The van der Waals surface area contributed by atoms with E-state index in [1.54, 1.807) is 11.8 Å². The molecule has 3 fully saturated rings. The van der Waals surface area contributed by atoms with Crippen LogP contribution in [0.15, 0.2) is 57.3 Å². The number of piperidine rings is 2. The quantitative estimate of drug-likeness (QED) is 0.321. The van der Waals surface area contributed by atoms with Crippen molar-refractivity contribution in [1.82, 2.24) is 19.7 Å². The second-order valence-electron chi connectivity index (χ2n) is 11.9. The zero-order valence-electron chi connectivity index (χ0n) is 27.1. The summed E-state index contributed by atoms with van der Waals surface area (Å²) in [6.07, 6.45) is 7.74. The highest BCUT2D eigenvalue weighted by Crippen LogP contribution is 2.39. The van der Waals surface area contributed by atoms with Crippen LogP contribution in [0.1, 0.15) is 46.5 Å². The second-order valence-corrected chi connectivity index (χ2v) is 14.7. The number of halogens is 1. The van der Waals surface area contributed by atoms with Crippen molar-refractivity contribution in [3.05, 3.63) is 48.4 Å². The van der Waals surface area contributed by atoms with Crippen LogP contribution in [0.4, 0.5) is 10.1 Å². The Hall–Kier alpha value is -2.44. The molecule has 0 amide bonds. The van der Waals surface area contributed by atoms with Crippen molar-refractivity contribution in [2.75, 3.05) is 70.1 Å². The molecule has 0 unspecified atom stereocenters. The van der Waals surface area contributed by atoms with Crippen LogP contribution in [0.2, 0.25) is 0 Å². The van der Waals surface area contributed by atoms with Crippen molar-refractivity contribution in [2.45, 2.75) is 73.2 Å². The van der Waals surface area contributed by atoms with E-state index in [4.69, 9.17) is 0 Å². The molecule has 1 N–H and O–H groups in total. The van der Waals surface area contributed by atoms with E-state index in [2.05, 4.69) is 31.5 Å². The van der Waals surface area contributed by atoms with Gasteiger partial charge in [0.2, 0.25) is 9.84 Å². The number of aromatic nitrogens is 1. The second kappa shape index (κ2) is 15.0. The summed E-state index contributed by atoms with van der Waals surface area (Å²) in [5.41, 5.74) is 1.37. The fourth-order valence-corrected chi connectivity index (χ4v) is 8.97. The number of benzene rings is 2. The van der Waals surface area contributed by atoms with Gasteiger partial charge in [-0.3, -0.25) is 9.88 Å². The lowest BCUT2D eigenvalue weighted by Crippen LogP contribution is -2.55. The molecule has 1 aromatic heterocycles. The van der Waals surface area contributed by atoms with Gasteiger partial charge < -0.3 is 19.8 Å². The molecule has 246 valence electrons. The van der Waals surface area contributed by atoms with Crippen LogP contribution in [0.25, 0.3) is 10.9 Å². The molecule has 3 aliphatic heterocycles. The minimum atomic E-state index is -4.11. The van der Waals surface area contributed by atoms with E-state index in [-0.39, 0.29) is 9.79 Å². The molecule has 4 heterocycles. The number of fused-ring (bicyclic) bond motifs is 1. The van der Waals surface area contributed by atoms with Crippen molar-refractivity contribution in [3.63, 3.8) is 0 Å². The molecule has 0 saturated carbocycles. The van der Waals surface area contributed by atoms with Gasteiger partial charge in [0.05, 0.1) is 16.1 Å². The van der Waals surface area contributed by atoms with Gasteiger partial charge in [-0.1, -0.05) is 20.8 Å². The maximum absolute atomic E-state index is 14.3. The van der Waals surface area contributed by atoms with Gasteiger partial charge >= 0.3 is 0 Å². The predicted octanol–water partition coefficient (Wildman–Crippen LogP) is 5.73. The van der Waals surface area contributed by atoms with E-state index < -0.39 is 21.4 Å². The molecule has 3 aliphatic rings. The fraction of sp³-hybridized carbons (Fsp3) is 0.559. The van der Waals surface area contributed by atoms with Crippen molar-refractivity contribution < 1.29 is 17.9 Å². The monoisotopic (exact) mass is 657 g/mol. The summed E-state index contributed by atoms with van der Waals surface area (Å²) in [6.45, 7) is 15.8. The lowest BCUT2D eigenvalue weighted by molar-refractivity contribution is 0.0449. The summed E-state index contributed by atoms with van der Waals surface area (Å²) >= 11 is 1.60. The number of piperazine rings is 1. The van der Waals surface area contributed by atoms with Crippen molar-refractivity contribution in [3.8, 4) is 5.75 Å². The maximum Gasteiger partial charge on any atom is 0.210 e.